The Labute approximate surface area is 85.2 Å². The average Bonchev–Trinajstić information content (AvgIpc) is 2.64. The van der Waals surface area contributed by atoms with Gasteiger partial charge in [0.05, 0.1) is 17.5 Å². The molecule has 15 heavy (non-hydrogen) atoms. The highest BCUT2D eigenvalue weighted by atomic mass is 16.4. The summed E-state index contributed by atoms with van der Waals surface area (Å²) in [5.41, 5.74) is 1.33. The zero-order valence-corrected chi connectivity index (χ0v) is 7.95. The number of pyridine rings is 1. The number of aromatic nitrogens is 4. The lowest BCUT2D eigenvalue weighted by atomic mass is 10.1. The van der Waals surface area contributed by atoms with Gasteiger partial charge in [0.2, 0.25) is 0 Å². The van der Waals surface area contributed by atoms with Gasteiger partial charge in [0.1, 0.15) is 0 Å². The van der Waals surface area contributed by atoms with Crippen molar-refractivity contribution >= 4 is 5.97 Å². The maximum absolute atomic E-state index is 11.0. The molecule has 0 unspecified atom stereocenters. The quantitative estimate of drug-likeness (QED) is 0.773. The second-order valence-corrected chi connectivity index (χ2v) is 2.97. The molecule has 0 saturated heterocycles. The first kappa shape index (κ1) is 9.32. The van der Waals surface area contributed by atoms with Crippen molar-refractivity contribution in [2.75, 3.05) is 0 Å². The van der Waals surface area contributed by atoms with E-state index in [1.54, 1.807) is 7.05 Å². The van der Waals surface area contributed by atoms with Crippen molar-refractivity contribution in [1.82, 2.24) is 20.0 Å². The molecule has 0 aliphatic rings. The number of hydrogen-bond donors (Lipinski definition) is 1. The molecular weight excluding hydrogens is 196 g/mol. The standard InChI is InChI=1S/C9H8N4O2/c1-13-8(5-11-12-13)7-4-10-3-2-6(7)9(14)15/h2-5H,1H3,(H,14,15). The van der Waals surface area contributed by atoms with Crippen LogP contribution in [0.1, 0.15) is 10.4 Å². The Kier molecular flexibility index (Phi) is 2.17. The molecule has 2 aromatic heterocycles. The Morgan fingerprint density at radius 2 is 2.27 bits per heavy atom. The van der Waals surface area contributed by atoms with E-state index in [1.807, 2.05) is 0 Å². The Morgan fingerprint density at radius 1 is 1.47 bits per heavy atom. The SMILES string of the molecule is Cn1nncc1-c1cnccc1C(=O)O. The first-order chi connectivity index (χ1) is 7.20. The van der Waals surface area contributed by atoms with Gasteiger partial charge in [0.15, 0.2) is 0 Å². The normalized spacial score (nSPS) is 10.2. The molecule has 2 rings (SSSR count). The monoisotopic (exact) mass is 204 g/mol. The van der Waals surface area contributed by atoms with Crippen molar-refractivity contribution < 1.29 is 9.90 Å². The van der Waals surface area contributed by atoms with Gasteiger partial charge in [-0.3, -0.25) is 4.98 Å². The van der Waals surface area contributed by atoms with Crippen molar-refractivity contribution in [3.05, 3.63) is 30.2 Å². The molecule has 0 aromatic carbocycles. The van der Waals surface area contributed by atoms with Gasteiger partial charge in [-0.1, -0.05) is 5.21 Å². The predicted molar refractivity (Wildman–Crippen MR) is 51.2 cm³/mol. The van der Waals surface area contributed by atoms with Crippen LogP contribution in [-0.4, -0.2) is 31.1 Å². The van der Waals surface area contributed by atoms with Gasteiger partial charge in [-0.25, -0.2) is 9.48 Å². The number of carboxylic acids is 1. The molecule has 0 atom stereocenters. The summed E-state index contributed by atoms with van der Waals surface area (Å²) < 4.78 is 1.50. The molecule has 0 aliphatic heterocycles. The zero-order valence-electron chi connectivity index (χ0n) is 7.95. The lowest BCUT2D eigenvalue weighted by molar-refractivity contribution is 0.0697. The second-order valence-electron chi connectivity index (χ2n) is 2.97. The molecule has 1 N–H and O–H groups in total. The number of aryl methyl sites for hydroxylation is 1. The molecule has 2 heterocycles. The molecule has 0 bridgehead atoms. The van der Waals surface area contributed by atoms with Crippen LogP contribution in [0.4, 0.5) is 0 Å². The van der Waals surface area contributed by atoms with E-state index in [1.165, 1.54) is 29.3 Å². The number of nitrogens with zero attached hydrogens (tertiary/aromatic N) is 4. The number of carbonyl (C=O) groups is 1. The summed E-state index contributed by atoms with van der Waals surface area (Å²) in [6, 6.07) is 1.45. The van der Waals surface area contributed by atoms with E-state index in [0.717, 1.165) is 0 Å². The highest BCUT2D eigenvalue weighted by molar-refractivity contribution is 5.95. The molecule has 0 aliphatic carbocycles. The summed E-state index contributed by atoms with van der Waals surface area (Å²) in [5, 5.41) is 16.4. The maximum Gasteiger partial charge on any atom is 0.336 e. The molecule has 2 aromatic rings. The molecular formula is C9H8N4O2. The summed E-state index contributed by atoms with van der Waals surface area (Å²) in [6.07, 6.45) is 4.43. The van der Waals surface area contributed by atoms with Crippen molar-refractivity contribution in [3.63, 3.8) is 0 Å². The van der Waals surface area contributed by atoms with E-state index in [-0.39, 0.29) is 5.56 Å². The van der Waals surface area contributed by atoms with Gasteiger partial charge in [0.25, 0.3) is 0 Å². The summed E-state index contributed by atoms with van der Waals surface area (Å²) in [4.78, 5) is 14.8. The third kappa shape index (κ3) is 1.56. The fourth-order valence-electron chi connectivity index (χ4n) is 1.32. The van der Waals surface area contributed by atoms with Crippen LogP contribution in [0.3, 0.4) is 0 Å². The van der Waals surface area contributed by atoms with E-state index >= 15 is 0 Å². The Balaban J connectivity index is 2.63. The lowest BCUT2D eigenvalue weighted by Crippen LogP contribution is -2.02. The van der Waals surface area contributed by atoms with Gasteiger partial charge < -0.3 is 5.11 Å². The summed E-state index contributed by atoms with van der Waals surface area (Å²) in [7, 11) is 1.70. The second kappa shape index (κ2) is 3.49. The Morgan fingerprint density at radius 3 is 2.87 bits per heavy atom. The van der Waals surface area contributed by atoms with E-state index < -0.39 is 5.97 Å². The molecule has 0 saturated carbocycles. The molecule has 6 nitrogen and oxygen atoms in total. The Bertz CT molecular complexity index is 506. The third-order valence-corrected chi connectivity index (χ3v) is 2.04. The van der Waals surface area contributed by atoms with Gasteiger partial charge in [-0.05, 0) is 6.07 Å². The first-order valence-corrected chi connectivity index (χ1v) is 4.22. The minimum atomic E-state index is -0.992. The van der Waals surface area contributed by atoms with Crippen LogP contribution in [0.15, 0.2) is 24.7 Å². The molecule has 76 valence electrons. The summed E-state index contributed by atoms with van der Waals surface area (Å²) in [6.45, 7) is 0. The maximum atomic E-state index is 11.0. The topological polar surface area (TPSA) is 80.9 Å². The number of carboxylic acid groups (broad SMARTS) is 1. The van der Waals surface area contributed by atoms with Gasteiger partial charge >= 0.3 is 5.97 Å². The minimum Gasteiger partial charge on any atom is -0.478 e. The van der Waals surface area contributed by atoms with Gasteiger partial charge in [0, 0.05) is 25.0 Å². The minimum absolute atomic E-state index is 0.190. The lowest BCUT2D eigenvalue weighted by Gasteiger charge is -2.03. The molecule has 0 fully saturated rings. The van der Waals surface area contributed by atoms with Crippen LogP contribution < -0.4 is 0 Å². The molecule has 0 spiro atoms. The third-order valence-electron chi connectivity index (χ3n) is 2.04. The van der Waals surface area contributed by atoms with Crippen LogP contribution >= 0.6 is 0 Å². The zero-order chi connectivity index (χ0) is 10.8. The van der Waals surface area contributed by atoms with Crippen molar-refractivity contribution in [1.29, 1.82) is 0 Å². The smallest absolute Gasteiger partial charge is 0.336 e. The fraction of sp³-hybridized carbons (Fsp3) is 0.111. The molecule has 6 heteroatoms. The Hall–Kier alpha value is -2.24. The number of hydrogen-bond acceptors (Lipinski definition) is 4. The largest absolute Gasteiger partial charge is 0.478 e. The van der Waals surface area contributed by atoms with E-state index in [9.17, 15) is 4.79 Å². The fourth-order valence-corrected chi connectivity index (χ4v) is 1.32. The summed E-state index contributed by atoms with van der Waals surface area (Å²) in [5.74, 6) is -0.992. The number of aromatic carboxylic acids is 1. The van der Waals surface area contributed by atoms with E-state index in [2.05, 4.69) is 15.3 Å². The van der Waals surface area contributed by atoms with Crippen LogP contribution in [0.25, 0.3) is 11.3 Å². The first-order valence-electron chi connectivity index (χ1n) is 4.22. The van der Waals surface area contributed by atoms with Crippen molar-refractivity contribution in [2.45, 2.75) is 0 Å². The molecule has 0 amide bonds. The van der Waals surface area contributed by atoms with Gasteiger partial charge in [-0.2, -0.15) is 0 Å². The van der Waals surface area contributed by atoms with Crippen molar-refractivity contribution in [3.8, 4) is 11.3 Å². The van der Waals surface area contributed by atoms with Crippen LogP contribution in [0.2, 0.25) is 0 Å². The highest BCUT2D eigenvalue weighted by Gasteiger charge is 2.14. The predicted octanol–water partition coefficient (Wildman–Crippen LogP) is 0.575. The van der Waals surface area contributed by atoms with Crippen molar-refractivity contribution in [2.24, 2.45) is 7.05 Å². The van der Waals surface area contributed by atoms with Gasteiger partial charge in [-0.15, -0.1) is 5.10 Å². The van der Waals surface area contributed by atoms with Crippen LogP contribution in [0, 0.1) is 0 Å². The van der Waals surface area contributed by atoms with E-state index in [0.29, 0.717) is 11.3 Å². The molecule has 0 radical (unpaired) electrons. The van der Waals surface area contributed by atoms with E-state index in [4.69, 9.17) is 5.11 Å². The highest BCUT2D eigenvalue weighted by Crippen LogP contribution is 2.20. The van der Waals surface area contributed by atoms with Crippen LogP contribution in [0.5, 0.6) is 0 Å². The summed E-state index contributed by atoms with van der Waals surface area (Å²) >= 11 is 0. The number of rotatable bonds is 2. The van der Waals surface area contributed by atoms with Crippen LogP contribution in [-0.2, 0) is 7.05 Å². The average molecular weight is 204 g/mol.